The summed E-state index contributed by atoms with van der Waals surface area (Å²) < 4.78 is 41.6. The monoisotopic (exact) mass is 402 g/mol. The fraction of sp³-hybridized carbons (Fsp3) is 0.318. The molecule has 1 aliphatic carbocycles. The third kappa shape index (κ3) is 3.62. The van der Waals surface area contributed by atoms with Crippen molar-refractivity contribution in [3.05, 3.63) is 59.4 Å². The predicted molar refractivity (Wildman–Crippen MR) is 104 cm³/mol. The lowest BCUT2D eigenvalue weighted by Gasteiger charge is -2.35. The second kappa shape index (κ2) is 7.55. The van der Waals surface area contributed by atoms with Crippen molar-refractivity contribution in [2.75, 3.05) is 6.61 Å². The highest BCUT2D eigenvalue weighted by Gasteiger charge is 2.38. The van der Waals surface area contributed by atoms with Crippen LogP contribution in [0.4, 0.5) is 13.2 Å². The Kier molecular flexibility index (Phi) is 5.08. The van der Waals surface area contributed by atoms with Crippen LogP contribution in [0.25, 0.3) is 22.2 Å². The van der Waals surface area contributed by atoms with Crippen LogP contribution in [0.2, 0.25) is 0 Å². The molecule has 4 rings (SSSR count). The number of benzene rings is 2. The van der Waals surface area contributed by atoms with Gasteiger partial charge in [-0.1, -0.05) is 0 Å². The maximum atomic E-state index is 14.4. The number of H-pyrrole nitrogens is 1. The molecule has 0 bridgehead atoms. The molecule has 0 spiro atoms. The lowest BCUT2D eigenvalue weighted by molar-refractivity contribution is -0.128. The first-order chi connectivity index (χ1) is 13.9. The number of halogens is 3. The molecule has 1 aromatic heterocycles. The van der Waals surface area contributed by atoms with Gasteiger partial charge in [0.1, 0.15) is 17.5 Å². The van der Waals surface area contributed by atoms with Crippen molar-refractivity contribution in [2.45, 2.75) is 31.7 Å². The van der Waals surface area contributed by atoms with E-state index in [1.165, 1.54) is 18.2 Å². The van der Waals surface area contributed by atoms with Crippen LogP contribution in [-0.2, 0) is 4.79 Å². The number of aromatic amines is 1. The Morgan fingerprint density at radius 3 is 2.52 bits per heavy atom. The maximum Gasteiger partial charge on any atom is 0.223 e. The minimum absolute atomic E-state index is 0.0646. The van der Waals surface area contributed by atoms with Crippen LogP contribution in [0, 0.1) is 23.4 Å². The van der Waals surface area contributed by atoms with Crippen molar-refractivity contribution in [2.24, 2.45) is 5.92 Å². The molecule has 7 heteroatoms. The number of fused-ring (bicyclic) bond motifs is 1. The van der Waals surface area contributed by atoms with Gasteiger partial charge in [-0.2, -0.15) is 0 Å². The smallest absolute Gasteiger partial charge is 0.223 e. The molecule has 0 aliphatic heterocycles. The Balaban J connectivity index is 1.71. The molecule has 1 aliphatic rings. The van der Waals surface area contributed by atoms with Gasteiger partial charge in [-0.3, -0.25) is 4.79 Å². The van der Waals surface area contributed by atoms with Crippen molar-refractivity contribution in [3.63, 3.8) is 0 Å². The third-order valence-corrected chi connectivity index (χ3v) is 5.58. The molecule has 1 amide bonds. The number of aromatic nitrogens is 1. The number of carbonyl (C=O) groups is 1. The molecule has 0 radical (unpaired) electrons. The fourth-order valence-electron chi connectivity index (χ4n) is 3.98. The van der Waals surface area contributed by atoms with Gasteiger partial charge in [0.25, 0.3) is 0 Å². The standard InChI is InChI=1S/C22H21F3N2O2/c1-11(10-28)26-22(29)14-6-13(7-14)19-17-8-16(24)9-18(25)21(17)27-20(19)12-2-4-15(23)5-3-12/h2-5,8-9,11,13-14,27-28H,6-7,10H2,1H3,(H,26,29). The van der Waals surface area contributed by atoms with Crippen molar-refractivity contribution < 1.29 is 23.1 Å². The molecular weight excluding hydrogens is 381 g/mol. The maximum absolute atomic E-state index is 14.4. The summed E-state index contributed by atoms with van der Waals surface area (Å²) in [5, 5.41) is 12.3. The van der Waals surface area contributed by atoms with Crippen molar-refractivity contribution >= 4 is 16.8 Å². The van der Waals surface area contributed by atoms with Crippen LogP contribution in [0.3, 0.4) is 0 Å². The Bertz CT molecular complexity index is 1060. The summed E-state index contributed by atoms with van der Waals surface area (Å²) in [5.74, 6) is -2.18. The van der Waals surface area contributed by atoms with Crippen molar-refractivity contribution in [1.29, 1.82) is 0 Å². The van der Waals surface area contributed by atoms with E-state index in [2.05, 4.69) is 10.3 Å². The SMILES string of the molecule is CC(CO)NC(=O)C1CC(c2c(-c3ccc(F)cc3)[nH]c3c(F)cc(F)cc23)C1. The van der Waals surface area contributed by atoms with Crippen LogP contribution < -0.4 is 5.32 Å². The summed E-state index contributed by atoms with van der Waals surface area (Å²) in [6, 6.07) is 7.59. The first-order valence-corrected chi connectivity index (χ1v) is 9.55. The summed E-state index contributed by atoms with van der Waals surface area (Å²) >= 11 is 0. The number of rotatable bonds is 5. The number of hydrogen-bond donors (Lipinski definition) is 3. The van der Waals surface area contributed by atoms with E-state index in [0.717, 1.165) is 11.6 Å². The van der Waals surface area contributed by atoms with Gasteiger partial charge in [0.2, 0.25) is 5.91 Å². The highest BCUT2D eigenvalue weighted by molar-refractivity contribution is 5.92. The molecule has 29 heavy (non-hydrogen) atoms. The summed E-state index contributed by atoms with van der Waals surface area (Å²) in [6.07, 6.45) is 1.06. The van der Waals surface area contributed by atoms with Crippen LogP contribution in [0.15, 0.2) is 36.4 Å². The normalized spacial score (nSPS) is 19.8. The number of carbonyl (C=O) groups excluding carboxylic acids is 1. The summed E-state index contributed by atoms with van der Waals surface area (Å²) in [7, 11) is 0. The first-order valence-electron chi connectivity index (χ1n) is 9.55. The van der Waals surface area contributed by atoms with Gasteiger partial charge in [0.15, 0.2) is 0 Å². The van der Waals surface area contributed by atoms with E-state index in [9.17, 15) is 18.0 Å². The van der Waals surface area contributed by atoms with Gasteiger partial charge in [-0.05, 0) is 67.1 Å². The Labute approximate surface area is 165 Å². The van der Waals surface area contributed by atoms with E-state index >= 15 is 0 Å². The van der Waals surface area contributed by atoms with Crippen molar-refractivity contribution in [3.8, 4) is 11.3 Å². The largest absolute Gasteiger partial charge is 0.394 e. The number of amides is 1. The Hall–Kier alpha value is -2.80. The van der Waals surface area contributed by atoms with E-state index < -0.39 is 11.6 Å². The van der Waals surface area contributed by atoms with Crippen molar-refractivity contribution in [1.82, 2.24) is 10.3 Å². The topological polar surface area (TPSA) is 65.1 Å². The number of aliphatic hydroxyl groups is 1. The van der Waals surface area contributed by atoms with E-state index in [1.807, 2.05) is 0 Å². The van der Waals surface area contributed by atoms with Gasteiger partial charge in [0.05, 0.1) is 17.8 Å². The second-order valence-electron chi connectivity index (χ2n) is 7.69. The van der Waals surface area contributed by atoms with E-state index in [0.29, 0.717) is 29.5 Å². The van der Waals surface area contributed by atoms with Gasteiger partial charge in [-0.25, -0.2) is 13.2 Å². The molecule has 152 valence electrons. The van der Waals surface area contributed by atoms with Crippen LogP contribution in [0.1, 0.15) is 31.2 Å². The average Bonchev–Trinajstić information content (AvgIpc) is 3.00. The quantitative estimate of drug-likeness (QED) is 0.598. The molecule has 1 fully saturated rings. The van der Waals surface area contributed by atoms with E-state index in [-0.39, 0.29) is 41.7 Å². The number of nitrogens with one attached hydrogen (secondary N) is 2. The zero-order valence-corrected chi connectivity index (χ0v) is 15.8. The molecular formula is C22H21F3N2O2. The molecule has 1 atom stereocenters. The van der Waals surface area contributed by atoms with Gasteiger partial charge in [-0.15, -0.1) is 0 Å². The second-order valence-corrected chi connectivity index (χ2v) is 7.69. The molecule has 3 aromatic rings. The number of hydrogen-bond acceptors (Lipinski definition) is 2. The van der Waals surface area contributed by atoms with Crippen LogP contribution in [0.5, 0.6) is 0 Å². The molecule has 2 aromatic carbocycles. The Morgan fingerprint density at radius 1 is 1.17 bits per heavy atom. The number of aliphatic hydroxyl groups excluding tert-OH is 1. The van der Waals surface area contributed by atoms with Crippen LogP contribution in [-0.4, -0.2) is 28.6 Å². The van der Waals surface area contributed by atoms with Gasteiger partial charge >= 0.3 is 0 Å². The molecule has 1 saturated carbocycles. The van der Waals surface area contributed by atoms with Gasteiger partial charge in [0, 0.05) is 23.4 Å². The van der Waals surface area contributed by atoms with E-state index in [1.54, 1.807) is 19.1 Å². The average molecular weight is 402 g/mol. The van der Waals surface area contributed by atoms with Crippen LogP contribution >= 0.6 is 0 Å². The minimum atomic E-state index is -0.694. The molecule has 4 nitrogen and oxygen atoms in total. The van der Waals surface area contributed by atoms with Gasteiger partial charge < -0.3 is 15.4 Å². The highest BCUT2D eigenvalue weighted by atomic mass is 19.1. The Morgan fingerprint density at radius 2 is 1.86 bits per heavy atom. The summed E-state index contributed by atoms with van der Waals surface area (Å²) in [4.78, 5) is 15.3. The predicted octanol–water partition coefficient (Wildman–Crippen LogP) is 4.24. The first kappa shape index (κ1) is 19.5. The minimum Gasteiger partial charge on any atom is -0.394 e. The zero-order chi connectivity index (χ0) is 20.7. The summed E-state index contributed by atoms with van der Waals surface area (Å²) in [6.45, 7) is 1.57. The lowest BCUT2D eigenvalue weighted by atomic mass is 9.69. The molecule has 1 unspecified atom stereocenters. The highest BCUT2D eigenvalue weighted by Crippen LogP contribution is 2.48. The lowest BCUT2D eigenvalue weighted by Crippen LogP contribution is -2.43. The van der Waals surface area contributed by atoms with E-state index in [4.69, 9.17) is 5.11 Å². The molecule has 3 N–H and O–H groups in total. The fourth-order valence-corrected chi connectivity index (χ4v) is 3.98. The molecule has 1 heterocycles. The molecule has 0 saturated heterocycles. The third-order valence-electron chi connectivity index (χ3n) is 5.58. The summed E-state index contributed by atoms with van der Waals surface area (Å²) in [5.41, 5.74) is 2.21. The zero-order valence-electron chi connectivity index (χ0n) is 15.8.